The summed E-state index contributed by atoms with van der Waals surface area (Å²) >= 11 is 0. The first-order valence-corrected chi connectivity index (χ1v) is 17.1. The lowest BCUT2D eigenvalue weighted by atomic mass is 9.96. The van der Waals surface area contributed by atoms with Crippen LogP contribution < -0.4 is 4.90 Å². The molecule has 0 amide bonds. The molecule has 0 atom stereocenters. The number of nitrogens with zero attached hydrogens (tertiary/aromatic N) is 1. The first kappa shape index (κ1) is 28.4. The zero-order valence-corrected chi connectivity index (χ0v) is 27.3. The minimum atomic E-state index is 0.905. The van der Waals surface area contributed by atoms with Crippen LogP contribution in [0.5, 0.6) is 0 Å². The zero-order chi connectivity index (χ0) is 33.0. The molecular formula is C48H31NO. The summed E-state index contributed by atoms with van der Waals surface area (Å²) in [6.07, 6.45) is 0. The highest BCUT2D eigenvalue weighted by Crippen LogP contribution is 2.42. The maximum absolute atomic E-state index is 6.47. The first-order chi connectivity index (χ1) is 24.8. The first-order valence-electron chi connectivity index (χ1n) is 17.1. The van der Waals surface area contributed by atoms with Crippen molar-refractivity contribution in [3.8, 4) is 22.3 Å². The molecule has 0 saturated carbocycles. The third kappa shape index (κ3) is 4.65. The molecule has 234 valence electrons. The van der Waals surface area contributed by atoms with Gasteiger partial charge in [0.15, 0.2) is 0 Å². The molecule has 0 aliphatic heterocycles. The summed E-state index contributed by atoms with van der Waals surface area (Å²) in [7, 11) is 0. The predicted molar refractivity (Wildman–Crippen MR) is 212 cm³/mol. The van der Waals surface area contributed by atoms with Crippen molar-refractivity contribution < 1.29 is 4.42 Å². The molecule has 0 spiro atoms. The Morgan fingerprint density at radius 1 is 0.340 bits per heavy atom. The highest BCUT2D eigenvalue weighted by atomic mass is 16.3. The molecule has 0 fully saturated rings. The summed E-state index contributed by atoms with van der Waals surface area (Å²) < 4.78 is 6.47. The summed E-state index contributed by atoms with van der Waals surface area (Å²) in [5.74, 6) is 0. The monoisotopic (exact) mass is 637 g/mol. The van der Waals surface area contributed by atoms with E-state index in [4.69, 9.17) is 4.42 Å². The third-order valence-electron chi connectivity index (χ3n) is 10.0. The third-order valence-corrected chi connectivity index (χ3v) is 10.0. The molecule has 2 heteroatoms. The lowest BCUT2D eigenvalue weighted by Crippen LogP contribution is -2.10. The topological polar surface area (TPSA) is 16.4 Å². The number of anilines is 3. The average molecular weight is 638 g/mol. The molecule has 1 aromatic heterocycles. The minimum Gasteiger partial charge on any atom is -0.455 e. The van der Waals surface area contributed by atoms with E-state index in [9.17, 15) is 0 Å². The molecule has 1 heterocycles. The van der Waals surface area contributed by atoms with E-state index in [0.29, 0.717) is 0 Å². The minimum absolute atomic E-state index is 0.905. The van der Waals surface area contributed by atoms with Gasteiger partial charge in [0.2, 0.25) is 0 Å². The summed E-state index contributed by atoms with van der Waals surface area (Å²) in [5, 5.41) is 9.78. The van der Waals surface area contributed by atoms with Crippen LogP contribution in [0, 0.1) is 0 Å². The zero-order valence-electron chi connectivity index (χ0n) is 27.3. The second-order valence-corrected chi connectivity index (χ2v) is 12.9. The molecule has 0 bridgehead atoms. The maximum atomic E-state index is 6.47. The molecule has 10 aromatic rings. The van der Waals surface area contributed by atoms with E-state index in [1.807, 2.05) is 12.1 Å². The molecule has 0 saturated heterocycles. The highest BCUT2D eigenvalue weighted by molar-refractivity contribution is 6.20. The summed E-state index contributed by atoms with van der Waals surface area (Å²) in [6, 6.07) is 67.5. The number of rotatable bonds is 5. The SMILES string of the molecule is c1ccc(-c2ccc(N(c3cccc(-c4cccc5c4oc4ccccc45)c3)c3ccc4ccc5ccc6ccccc6c5c4c3)cc2)cc1. The van der Waals surface area contributed by atoms with Crippen molar-refractivity contribution in [1.82, 2.24) is 0 Å². The van der Waals surface area contributed by atoms with Gasteiger partial charge in [-0.15, -0.1) is 0 Å². The lowest BCUT2D eigenvalue weighted by molar-refractivity contribution is 0.670. The fourth-order valence-electron chi connectivity index (χ4n) is 7.62. The summed E-state index contributed by atoms with van der Waals surface area (Å²) in [5.41, 5.74) is 9.67. The second-order valence-electron chi connectivity index (χ2n) is 12.9. The van der Waals surface area contributed by atoms with Crippen molar-refractivity contribution in [2.45, 2.75) is 0 Å². The molecule has 0 unspecified atom stereocenters. The largest absolute Gasteiger partial charge is 0.455 e. The van der Waals surface area contributed by atoms with Gasteiger partial charge in [-0.05, 0) is 91.5 Å². The van der Waals surface area contributed by atoms with Crippen LogP contribution >= 0.6 is 0 Å². The van der Waals surface area contributed by atoms with Crippen LogP contribution in [0.25, 0.3) is 76.5 Å². The van der Waals surface area contributed by atoms with E-state index < -0.39 is 0 Å². The Balaban J connectivity index is 1.18. The van der Waals surface area contributed by atoms with Crippen LogP contribution in [-0.2, 0) is 0 Å². The summed E-state index contributed by atoms with van der Waals surface area (Å²) in [4.78, 5) is 2.38. The van der Waals surface area contributed by atoms with E-state index in [0.717, 1.165) is 50.1 Å². The molecule has 0 aliphatic rings. The van der Waals surface area contributed by atoms with Crippen molar-refractivity contribution in [1.29, 1.82) is 0 Å². The Morgan fingerprint density at radius 2 is 0.940 bits per heavy atom. The average Bonchev–Trinajstić information content (AvgIpc) is 3.57. The van der Waals surface area contributed by atoms with Crippen LogP contribution in [0.1, 0.15) is 0 Å². The van der Waals surface area contributed by atoms with Gasteiger partial charge in [-0.2, -0.15) is 0 Å². The van der Waals surface area contributed by atoms with E-state index >= 15 is 0 Å². The molecular weight excluding hydrogens is 607 g/mol. The van der Waals surface area contributed by atoms with Crippen molar-refractivity contribution in [3.05, 3.63) is 188 Å². The normalized spacial score (nSPS) is 11.6. The highest BCUT2D eigenvalue weighted by Gasteiger charge is 2.18. The van der Waals surface area contributed by atoms with Gasteiger partial charge in [0.1, 0.15) is 11.2 Å². The van der Waals surface area contributed by atoms with E-state index in [1.54, 1.807) is 0 Å². The lowest BCUT2D eigenvalue weighted by Gasteiger charge is -2.27. The standard InChI is InChI=1S/C48H31NO/c1-2-10-32(11-3-1)33-24-27-38(28-25-33)49(40-29-26-35-21-23-36-22-20-34-12-4-5-15-41(34)47(36)45(35)31-40)39-14-8-13-37(30-39)42-17-9-18-44-43-16-6-7-19-46(43)50-48(42)44/h1-31H. The fourth-order valence-corrected chi connectivity index (χ4v) is 7.62. The molecule has 0 N–H and O–H groups in total. The fraction of sp³-hybridized carbons (Fsp3) is 0. The van der Waals surface area contributed by atoms with Crippen molar-refractivity contribution in [2.75, 3.05) is 4.90 Å². The van der Waals surface area contributed by atoms with Crippen LogP contribution in [0.3, 0.4) is 0 Å². The molecule has 10 rings (SSSR count). The second kappa shape index (κ2) is 11.5. The van der Waals surface area contributed by atoms with Crippen LogP contribution in [0.4, 0.5) is 17.1 Å². The number of furan rings is 1. The Kier molecular flexibility index (Phi) is 6.53. The van der Waals surface area contributed by atoms with Gasteiger partial charge >= 0.3 is 0 Å². The van der Waals surface area contributed by atoms with Gasteiger partial charge in [-0.3, -0.25) is 0 Å². The number of benzene rings is 9. The Hall–Kier alpha value is -6.64. The van der Waals surface area contributed by atoms with Crippen molar-refractivity contribution in [3.63, 3.8) is 0 Å². The van der Waals surface area contributed by atoms with Gasteiger partial charge in [-0.1, -0.05) is 146 Å². The number of hydrogen-bond acceptors (Lipinski definition) is 2. The Morgan fingerprint density at radius 3 is 1.80 bits per heavy atom. The van der Waals surface area contributed by atoms with Crippen LogP contribution in [-0.4, -0.2) is 0 Å². The van der Waals surface area contributed by atoms with Gasteiger partial charge in [0.25, 0.3) is 0 Å². The predicted octanol–water partition coefficient (Wildman–Crippen LogP) is 13.8. The van der Waals surface area contributed by atoms with E-state index in [2.05, 4.69) is 181 Å². The molecule has 0 aliphatic carbocycles. The quantitative estimate of drug-likeness (QED) is 0.175. The molecule has 50 heavy (non-hydrogen) atoms. The number of fused-ring (bicyclic) bond motifs is 8. The Labute approximate surface area is 290 Å². The van der Waals surface area contributed by atoms with Gasteiger partial charge in [-0.25, -0.2) is 0 Å². The molecule has 2 nitrogen and oxygen atoms in total. The Bertz CT molecular complexity index is 2860. The van der Waals surface area contributed by atoms with Gasteiger partial charge < -0.3 is 9.32 Å². The van der Waals surface area contributed by atoms with Crippen LogP contribution in [0.15, 0.2) is 192 Å². The molecule has 9 aromatic carbocycles. The molecule has 0 radical (unpaired) electrons. The van der Waals surface area contributed by atoms with Gasteiger partial charge in [0.05, 0.1) is 0 Å². The maximum Gasteiger partial charge on any atom is 0.143 e. The summed E-state index contributed by atoms with van der Waals surface area (Å²) in [6.45, 7) is 0. The van der Waals surface area contributed by atoms with E-state index in [1.165, 1.54) is 43.4 Å². The van der Waals surface area contributed by atoms with E-state index in [-0.39, 0.29) is 0 Å². The number of para-hydroxylation sites is 2. The van der Waals surface area contributed by atoms with Crippen molar-refractivity contribution in [2.24, 2.45) is 0 Å². The smallest absolute Gasteiger partial charge is 0.143 e. The number of hydrogen-bond donors (Lipinski definition) is 0. The van der Waals surface area contributed by atoms with Crippen molar-refractivity contribution >= 4 is 71.3 Å². The van der Waals surface area contributed by atoms with Crippen LogP contribution in [0.2, 0.25) is 0 Å². The van der Waals surface area contributed by atoms with Gasteiger partial charge in [0, 0.05) is 33.4 Å².